The summed E-state index contributed by atoms with van der Waals surface area (Å²) in [6.45, 7) is 2.71. The lowest BCUT2D eigenvalue weighted by atomic mass is 10.2. The maximum atomic E-state index is 11.4. The number of nitrogens with one attached hydrogen (secondary N) is 2. The van der Waals surface area contributed by atoms with Crippen molar-refractivity contribution in [2.24, 2.45) is 0 Å². The molecule has 0 unspecified atom stereocenters. The summed E-state index contributed by atoms with van der Waals surface area (Å²) in [6.07, 6.45) is 3.46. The number of H-pyrrole nitrogens is 1. The summed E-state index contributed by atoms with van der Waals surface area (Å²) < 4.78 is 0. The van der Waals surface area contributed by atoms with E-state index >= 15 is 0 Å². The minimum Gasteiger partial charge on any atom is -0.352 e. The summed E-state index contributed by atoms with van der Waals surface area (Å²) in [5, 5.41) is 2.74. The predicted octanol–water partition coefficient (Wildman–Crippen LogP) is 0.905. The average molecular weight is 194 g/mol. The molecule has 1 amide bonds. The van der Waals surface area contributed by atoms with Gasteiger partial charge in [-0.1, -0.05) is 13.3 Å². The molecule has 14 heavy (non-hydrogen) atoms. The molecule has 1 aromatic heterocycles. The molecule has 0 aliphatic carbocycles. The van der Waals surface area contributed by atoms with Gasteiger partial charge in [-0.2, -0.15) is 0 Å². The second-order valence-electron chi connectivity index (χ2n) is 3.05. The lowest BCUT2D eigenvalue weighted by molar-refractivity contribution is 0.0953. The number of carbonyl (C=O) groups excluding carboxylic acids is 1. The lowest BCUT2D eigenvalue weighted by Gasteiger charge is -2.02. The zero-order valence-electron chi connectivity index (χ0n) is 8.17. The first-order valence-electron chi connectivity index (χ1n) is 4.71. The molecule has 0 aliphatic heterocycles. The first-order chi connectivity index (χ1) is 6.74. The number of aromatic amines is 1. The summed E-state index contributed by atoms with van der Waals surface area (Å²) in [5.41, 5.74) is 0.151. The minimum absolute atomic E-state index is 0.190. The molecule has 1 heterocycles. The highest BCUT2D eigenvalue weighted by Gasteiger charge is 2.03. The van der Waals surface area contributed by atoms with E-state index in [1.165, 1.54) is 12.3 Å². The van der Waals surface area contributed by atoms with E-state index < -0.39 is 0 Å². The molecular weight excluding hydrogens is 180 g/mol. The summed E-state index contributed by atoms with van der Waals surface area (Å²) >= 11 is 0. The molecule has 76 valence electrons. The highest BCUT2D eigenvalue weighted by atomic mass is 16.2. The van der Waals surface area contributed by atoms with Gasteiger partial charge in [0.1, 0.15) is 0 Å². The molecule has 0 radical (unpaired) electrons. The highest BCUT2D eigenvalue weighted by Crippen LogP contribution is 1.93. The van der Waals surface area contributed by atoms with Crippen molar-refractivity contribution in [2.45, 2.75) is 19.8 Å². The van der Waals surface area contributed by atoms with Gasteiger partial charge in [-0.15, -0.1) is 0 Å². The zero-order chi connectivity index (χ0) is 10.4. The van der Waals surface area contributed by atoms with Crippen LogP contribution in [-0.2, 0) is 0 Å². The van der Waals surface area contributed by atoms with Crippen molar-refractivity contribution in [1.82, 2.24) is 10.3 Å². The molecule has 0 saturated carbocycles. The Labute approximate surface area is 82.3 Å². The number of carbonyl (C=O) groups is 1. The van der Waals surface area contributed by atoms with E-state index in [1.807, 2.05) is 0 Å². The van der Waals surface area contributed by atoms with Crippen LogP contribution in [0.2, 0.25) is 0 Å². The number of hydrogen-bond donors (Lipinski definition) is 2. The largest absolute Gasteiger partial charge is 0.352 e. The molecule has 0 atom stereocenters. The smallest absolute Gasteiger partial charge is 0.251 e. The molecule has 0 fully saturated rings. The van der Waals surface area contributed by atoms with Crippen molar-refractivity contribution >= 4 is 5.91 Å². The van der Waals surface area contributed by atoms with E-state index in [1.54, 1.807) is 6.07 Å². The fourth-order valence-electron chi connectivity index (χ4n) is 1.07. The number of rotatable bonds is 4. The van der Waals surface area contributed by atoms with Gasteiger partial charge in [-0.05, 0) is 12.5 Å². The van der Waals surface area contributed by atoms with Crippen LogP contribution < -0.4 is 10.9 Å². The van der Waals surface area contributed by atoms with Crippen molar-refractivity contribution in [3.05, 3.63) is 34.2 Å². The molecule has 0 aliphatic rings. The standard InChI is InChI=1S/C10H14N2O2/c1-2-3-5-12-10(14)8-4-6-11-9(13)7-8/h4,6-7H,2-3,5H2,1H3,(H,11,13)(H,12,14). The van der Waals surface area contributed by atoms with E-state index in [0.717, 1.165) is 12.8 Å². The predicted molar refractivity (Wildman–Crippen MR) is 54.3 cm³/mol. The van der Waals surface area contributed by atoms with Gasteiger partial charge in [-0.25, -0.2) is 0 Å². The van der Waals surface area contributed by atoms with Crippen molar-refractivity contribution < 1.29 is 4.79 Å². The summed E-state index contributed by atoms with van der Waals surface area (Å²) in [6, 6.07) is 2.88. The summed E-state index contributed by atoms with van der Waals surface area (Å²) in [5.74, 6) is -0.190. The molecular formula is C10H14N2O2. The Balaban J connectivity index is 2.56. The molecule has 4 heteroatoms. The van der Waals surface area contributed by atoms with Crippen LogP contribution in [-0.4, -0.2) is 17.4 Å². The molecule has 1 aromatic rings. The summed E-state index contributed by atoms with van der Waals surface area (Å²) in [4.78, 5) is 24.8. The second kappa shape index (κ2) is 5.21. The maximum absolute atomic E-state index is 11.4. The first kappa shape index (κ1) is 10.5. The third-order valence-corrected chi connectivity index (χ3v) is 1.85. The van der Waals surface area contributed by atoms with Gasteiger partial charge in [0, 0.05) is 24.4 Å². The van der Waals surface area contributed by atoms with E-state index in [0.29, 0.717) is 12.1 Å². The molecule has 0 aromatic carbocycles. The highest BCUT2D eigenvalue weighted by molar-refractivity contribution is 5.93. The molecule has 4 nitrogen and oxygen atoms in total. The Hall–Kier alpha value is -1.58. The number of pyridine rings is 1. The number of aromatic nitrogens is 1. The van der Waals surface area contributed by atoms with Crippen LogP contribution in [0.3, 0.4) is 0 Å². The SMILES string of the molecule is CCCCNC(=O)c1cc[nH]c(=O)c1. The van der Waals surface area contributed by atoms with Gasteiger partial charge in [0.15, 0.2) is 0 Å². The van der Waals surface area contributed by atoms with E-state index in [9.17, 15) is 9.59 Å². The molecule has 2 N–H and O–H groups in total. The monoisotopic (exact) mass is 194 g/mol. The van der Waals surface area contributed by atoms with E-state index in [2.05, 4.69) is 17.2 Å². The van der Waals surface area contributed by atoms with Gasteiger partial charge in [0.25, 0.3) is 5.91 Å². The second-order valence-corrected chi connectivity index (χ2v) is 3.05. The van der Waals surface area contributed by atoms with Gasteiger partial charge < -0.3 is 10.3 Å². The van der Waals surface area contributed by atoms with Gasteiger partial charge in [-0.3, -0.25) is 9.59 Å². The van der Waals surface area contributed by atoms with Crippen molar-refractivity contribution in [2.75, 3.05) is 6.54 Å². The van der Waals surface area contributed by atoms with Crippen LogP contribution in [0.5, 0.6) is 0 Å². The van der Waals surface area contributed by atoms with Crippen molar-refractivity contribution in [1.29, 1.82) is 0 Å². The quantitative estimate of drug-likeness (QED) is 0.700. The minimum atomic E-state index is -0.256. The van der Waals surface area contributed by atoms with Crippen molar-refractivity contribution in [3.63, 3.8) is 0 Å². The first-order valence-corrected chi connectivity index (χ1v) is 4.71. The van der Waals surface area contributed by atoms with Crippen LogP contribution in [0, 0.1) is 0 Å². The van der Waals surface area contributed by atoms with Crippen LogP contribution in [0.15, 0.2) is 23.1 Å². The Morgan fingerprint density at radius 1 is 1.57 bits per heavy atom. The molecule has 0 spiro atoms. The normalized spacial score (nSPS) is 9.79. The van der Waals surface area contributed by atoms with Crippen LogP contribution in [0.25, 0.3) is 0 Å². The Bertz CT molecular complexity index is 357. The number of hydrogen-bond acceptors (Lipinski definition) is 2. The Morgan fingerprint density at radius 3 is 3.00 bits per heavy atom. The average Bonchev–Trinajstić information content (AvgIpc) is 2.18. The van der Waals surface area contributed by atoms with Crippen LogP contribution >= 0.6 is 0 Å². The van der Waals surface area contributed by atoms with Gasteiger partial charge in [0.2, 0.25) is 5.56 Å². The molecule has 0 bridgehead atoms. The van der Waals surface area contributed by atoms with Crippen LogP contribution in [0.4, 0.5) is 0 Å². The van der Waals surface area contributed by atoms with E-state index in [4.69, 9.17) is 0 Å². The third kappa shape index (κ3) is 3.05. The Morgan fingerprint density at radius 2 is 2.36 bits per heavy atom. The van der Waals surface area contributed by atoms with Crippen LogP contribution in [0.1, 0.15) is 30.1 Å². The zero-order valence-corrected chi connectivity index (χ0v) is 8.17. The summed E-state index contributed by atoms with van der Waals surface area (Å²) in [7, 11) is 0. The lowest BCUT2D eigenvalue weighted by Crippen LogP contribution is -2.25. The topological polar surface area (TPSA) is 62.0 Å². The maximum Gasteiger partial charge on any atom is 0.251 e. The molecule has 1 rings (SSSR count). The van der Waals surface area contributed by atoms with E-state index in [-0.39, 0.29) is 11.5 Å². The number of unbranched alkanes of at least 4 members (excludes halogenated alkanes) is 1. The fourth-order valence-corrected chi connectivity index (χ4v) is 1.07. The third-order valence-electron chi connectivity index (χ3n) is 1.85. The Kier molecular flexibility index (Phi) is 3.91. The number of amides is 1. The van der Waals surface area contributed by atoms with Gasteiger partial charge >= 0.3 is 0 Å². The van der Waals surface area contributed by atoms with Gasteiger partial charge in [0.05, 0.1) is 0 Å². The fraction of sp³-hybridized carbons (Fsp3) is 0.400. The van der Waals surface area contributed by atoms with Crippen molar-refractivity contribution in [3.8, 4) is 0 Å². The molecule has 0 saturated heterocycles.